The van der Waals surface area contributed by atoms with Gasteiger partial charge in [-0.1, -0.05) is 35.5 Å². The van der Waals surface area contributed by atoms with Crippen LogP contribution in [-0.4, -0.2) is 30.8 Å². The third kappa shape index (κ3) is 6.19. The molecule has 0 atom stereocenters. The number of fused-ring (bicyclic) bond motifs is 2. The van der Waals surface area contributed by atoms with E-state index in [-0.39, 0.29) is 18.6 Å². The summed E-state index contributed by atoms with van der Waals surface area (Å²) in [5, 5.41) is 14.6. The van der Waals surface area contributed by atoms with Crippen molar-refractivity contribution in [3.8, 4) is 16.9 Å². The van der Waals surface area contributed by atoms with Crippen LogP contribution in [0.4, 0.5) is 4.39 Å². The van der Waals surface area contributed by atoms with E-state index in [9.17, 15) is 14.0 Å². The molecule has 0 bridgehead atoms. The lowest BCUT2D eigenvalue weighted by Crippen LogP contribution is -2.24. The molecule has 1 N–H and O–H groups in total. The number of aliphatic carboxylic acids is 1. The first-order chi connectivity index (χ1) is 21.0. The van der Waals surface area contributed by atoms with Crippen molar-refractivity contribution in [1.29, 1.82) is 0 Å². The Balaban J connectivity index is 1.24. The van der Waals surface area contributed by atoms with Gasteiger partial charge in [-0.2, -0.15) is 0 Å². The van der Waals surface area contributed by atoms with E-state index in [1.807, 2.05) is 30.3 Å². The number of carboxylic acid groups (broad SMARTS) is 1. The number of aromatic nitrogens is 4. The molecule has 0 aliphatic carbocycles. The molecule has 0 aliphatic rings. The average Bonchev–Trinajstić information content (AvgIpc) is 3.49. The van der Waals surface area contributed by atoms with Crippen LogP contribution >= 0.6 is 0 Å². The molecule has 0 unspecified atom stereocenters. The van der Waals surface area contributed by atoms with Gasteiger partial charge in [-0.05, 0) is 55.3 Å². The highest BCUT2D eigenvalue weighted by Crippen LogP contribution is 2.25. The number of ether oxygens (including phenoxy) is 1. The van der Waals surface area contributed by atoms with Crippen molar-refractivity contribution in [2.24, 2.45) is 0 Å². The zero-order valence-corrected chi connectivity index (χ0v) is 23.1. The zero-order chi connectivity index (χ0) is 29.8. The van der Waals surface area contributed by atoms with Crippen LogP contribution in [0.15, 0.2) is 94.4 Å². The first-order valence-electron chi connectivity index (χ1n) is 13.9. The van der Waals surface area contributed by atoms with E-state index >= 15 is 0 Å². The van der Waals surface area contributed by atoms with E-state index in [0.717, 1.165) is 16.5 Å². The second-order valence-electron chi connectivity index (χ2n) is 10.1. The molecule has 0 aliphatic heterocycles. The van der Waals surface area contributed by atoms with Gasteiger partial charge in [0.15, 0.2) is 5.76 Å². The largest absolute Gasteiger partial charge is 0.481 e. The third-order valence-electron chi connectivity index (χ3n) is 7.14. The maximum atomic E-state index is 13.6. The van der Waals surface area contributed by atoms with E-state index < -0.39 is 11.8 Å². The third-order valence-corrected chi connectivity index (χ3v) is 7.14. The molecular formula is C33H27FN4O5. The van der Waals surface area contributed by atoms with Crippen molar-refractivity contribution in [3.05, 3.63) is 118 Å². The fourth-order valence-corrected chi connectivity index (χ4v) is 5.04. The summed E-state index contributed by atoms with van der Waals surface area (Å²) in [6.07, 6.45) is 3.11. The first-order valence-corrected chi connectivity index (χ1v) is 13.9. The molecule has 0 saturated carbocycles. The molecular weight excluding hydrogens is 551 g/mol. The number of hydrogen-bond acceptors (Lipinski definition) is 7. The summed E-state index contributed by atoms with van der Waals surface area (Å²) < 4.78 is 26.5. The predicted molar refractivity (Wildman–Crippen MR) is 158 cm³/mol. The summed E-state index contributed by atoms with van der Waals surface area (Å²) >= 11 is 0. The quantitative estimate of drug-likeness (QED) is 0.179. The Morgan fingerprint density at radius 3 is 2.65 bits per heavy atom. The minimum Gasteiger partial charge on any atom is -0.481 e. The van der Waals surface area contributed by atoms with Gasteiger partial charge in [-0.15, -0.1) is 0 Å². The van der Waals surface area contributed by atoms with Gasteiger partial charge in [-0.3, -0.25) is 19.1 Å². The zero-order valence-electron chi connectivity index (χ0n) is 23.1. The van der Waals surface area contributed by atoms with Crippen LogP contribution in [0.5, 0.6) is 0 Å². The normalized spacial score (nSPS) is 11.4. The van der Waals surface area contributed by atoms with Crippen LogP contribution in [0.25, 0.3) is 38.8 Å². The number of carboxylic acids is 1. The molecule has 3 aromatic carbocycles. The second-order valence-corrected chi connectivity index (χ2v) is 10.1. The number of pyridine rings is 1. The molecule has 216 valence electrons. The Labute approximate surface area is 245 Å². The van der Waals surface area contributed by atoms with Gasteiger partial charge < -0.3 is 14.4 Å². The summed E-state index contributed by atoms with van der Waals surface area (Å²) in [4.78, 5) is 33.8. The fraction of sp³-hybridized carbons (Fsp3) is 0.182. The summed E-state index contributed by atoms with van der Waals surface area (Å²) in [5.41, 5.74) is 3.81. The van der Waals surface area contributed by atoms with Crippen molar-refractivity contribution in [2.75, 3.05) is 0 Å². The number of carbonyl (C=O) groups is 1. The Kier molecular flexibility index (Phi) is 8.01. The Hall–Kier alpha value is -5.22. The monoisotopic (exact) mass is 578 g/mol. The lowest BCUT2D eigenvalue weighted by molar-refractivity contribution is -0.137. The number of hydrogen-bond donors (Lipinski definition) is 1. The van der Waals surface area contributed by atoms with Crippen LogP contribution in [0.2, 0.25) is 0 Å². The first kappa shape index (κ1) is 27.9. The van der Waals surface area contributed by atoms with Crippen LogP contribution in [-0.2, 0) is 29.2 Å². The molecule has 0 saturated heterocycles. The summed E-state index contributed by atoms with van der Waals surface area (Å²) in [5.74, 6) is -0.290. The van der Waals surface area contributed by atoms with Crippen molar-refractivity contribution in [2.45, 2.75) is 38.9 Å². The van der Waals surface area contributed by atoms with Crippen LogP contribution in [0, 0.1) is 5.82 Å². The highest BCUT2D eigenvalue weighted by molar-refractivity contribution is 5.83. The SMILES string of the molecule is O=C(O)CCCCc1nc2cc(-c3cc(COCc4cccc5cccnc45)on3)ccc2c(=O)n1-c1ccc(F)cc1. The van der Waals surface area contributed by atoms with Crippen molar-refractivity contribution < 1.29 is 23.6 Å². The van der Waals surface area contributed by atoms with Crippen LogP contribution in [0.1, 0.15) is 36.4 Å². The molecule has 0 fully saturated rings. The van der Waals surface area contributed by atoms with Gasteiger partial charge in [0.05, 0.1) is 28.7 Å². The van der Waals surface area contributed by atoms with E-state index in [1.54, 1.807) is 30.5 Å². The number of para-hydroxylation sites is 1. The van der Waals surface area contributed by atoms with Crippen molar-refractivity contribution in [1.82, 2.24) is 19.7 Å². The Morgan fingerprint density at radius 1 is 0.977 bits per heavy atom. The molecule has 43 heavy (non-hydrogen) atoms. The highest BCUT2D eigenvalue weighted by Gasteiger charge is 2.16. The average molecular weight is 579 g/mol. The van der Waals surface area contributed by atoms with E-state index in [2.05, 4.69) is 10.1 Å². The van der Waals surface area contributed by atoms with Crippen molar-refractivity contribution in [3.63, 3.8) is 0 Å². The summed E-state index contributed by atoms with van der Waals surface area (Å²) in [6, 6.07) is 22.5. The second kappa shape index (κ2) is 12.3. The number of nitrogens with zero attached hydrogens (tertiary/aromatic N) is 4. The van der Waals surface area contributed by atoms with E-state index in [4.69, 9.17) is 19.4 Å². The van der Waals surface area contributed by atoms with Crippen LogP contribution in [0.3, 0.4) is 0 Å². The molecule has 6 aromatic rings. The van der Waals surface area contributed by atoms with Crippen LogP contribution < -0.4 is 5.56 Å². The number of halogens is 1. The van der Waals surface area contributed by atoms with E-state index in [0.29, 0.717) is 65.3 Å². The number of benzene rings is 3. The molecule has 6 rings (SSSR count). The number of unbranched alkanes of at least 4 members (excludes halogenated alkanes) is 1. The Morgan fingerprint density at radius 2 is 1.81 bits per heavy atom. The Bertz CT molecular complexity index is 1980. The summed E-state index contributed by atoms with van der Waals surface area (Å²) in [7, 11) is 0. The minimum absolute atomic E-state index is 0.0234. The number of rotatable bonds is 11. The van der Waals surface area contributed by atoms with Gasteiger partial charge in [0, 0.05) is 41.6 Å². The van der Waals surface area contributed by atoms with Gasteiger partial charge in [0.2, 0.25) is 0 Å². The fourth-order valence-electron chi connectivity index (χ4n) is 5.04. The molecule has 0 spiro atoms. The highest BCUT2D eigenvalue weighted by atomic mass is 19.1. The summed E-state index contributed by atoms with van der Waals surface area (Å²) in [6.45, 7) is 0.574. The number of aryl methyl sites for hydroxylation is 1. The molecule has 3 aromatic heterocycles. The molecule has 9 nitrogen and oxygen atoms in total. The molecule has 0 amide bonds. The smallest absolute Gasteiger partial charge is 0.303 e. The topological polar surface area (TPSA) is 120 Å². The van der Waals surface area contributed by atoms with Gasteiger partial charge in [0.25, 0.3) is 5.56 Å². The van der Waals surface area contributed by atoms with Crippen molar-refractivity contribution >= 4 is 27.8 Å². The molecule has 10 heteroatoms. The van der Waals surface area contributed by atoms with Gasteiger partial charge in [-0.25, -0.2) is 9.37 Å². The minimum atomic E-state index is -0.880. The standard InChI is InChI=1S/C33H27FN4O5/c34-24-11-13-25(14-12-24)38-30(8-1-2-9-31(39)40)36-29-17-22(10-15-27(29)33(38)41)28-18-26(43-37-28)20-42-19-23-6-3-5-21-7-4-16-35-32(21)23/h3-7,10-18H,1-2,8-9,19-20H2,(H,39,40). The van der Waals surface area contributed by atoms with E-state index in [1.165, 1.54) is 28.8 Å². The molecule has 3 heterocycles. The maximum absolute atomic E-state index is 13.6. The lowest BCUT2D eigenvalue weighted by atomic mass is 10.1. The predicted octanol–water partition coefficient (Wildman–Crippen LogP) is 6.24. The lowest BCUT2D eigenvalue weighted by Gasteiger charge is -2.14. The maximum Gasteiger partial charge on any atom is 0.303 e. The van der Waals surface area contributed by atoms with Gasteiger partial charge >= 0.3 is 5.97 Å². The van der Waals surface area contributed by atoms with Gasteiger partial charge in [0.1, 0.15) is 23.9 Å². The molecule has 0 radical (unpaired) electrons.